The normalized spacial score (nSPS) is 11.5. The fourth-order valence-electron chi connectivity index (χ4n) is 2.64. The number of halogens is 8. The van der Waals surface area contributed by atoms with Crippen molar-refractivity contribution in [3.8, 4) is 0 Å². The SMILES string of the molecule is O=C(Cn1nc(C(F)F)c(Cl)c1C(F)F)Nc1nn(Cc2ccc(Cl)c(Cl)c2)cc1Cl. The average Bonchev–Trinajstić information content (AvgIpc) is 3.17. The van der Waals surface area contributed by atoms with Gasteiger partial charge in [0.25, 0.3) is 12.9 Å². The molecule has 3 aromatic rings. The quantitative estimate of drug-likeness (QED) is 0.376. The van der Waals surface area contributed by atoms with Crippen LogP contribution in [0.25, 0.3) is 0 Å². The number of carbonyl (C=O) groups is 1. The summed E-state index contributed by atoms with van der Waals surface area (Å²) in [4.78, 5) is 12.3. The van der Waals surface area contributed by atoms with Crippen molar-refractivity contribution in [3.63, 3.8) is 0 Å². The van der Waals surface area contributed by atoms with Crippen LogP contribution in [0.15, 0.2) is 24.4 Å². The molecule has 6 nitrogen and oxygen atoms in total. The molecule has 1 aromatic carbocycles. The van der Waals surface area contributed by atoms with Crippen LogP contribution >= 0.6 is 46.4 Å². The molecule has 3 rings (SSSR count). The van der Waals surface area contributed by atoms with Gasteiger partial charge in [-0.25, -0.2) is 17.6 Å². The molecule has 1 N–H and O–H groups in total. The average molecular weight is 519 g/mol. The van der Waals surface area contributed by atoms with Gasteiger partial charge in [-0.05, 0) is 17.7 Å². The van der Waals surface area contributed by atoms with Gasteiger partial charge in [0, 0.05) is 6.20 Å². The highest BCUT2D eigenvalue weighted by Crippen LogP contribution is 2.34. The van der Waals surface area contributed by atoms with E-state index in [1.807, 2.05) is 0 Å². The number of anilines is 1. The molecule has 0 radical (unpaired) electrons. The lowest BCUT2D eigenvalue weighted by molar-refractivity contribution is -0.117. The first kappa shape index (κ1) is 23.6. The van der Waals surface area contributed by atoms with Crippen LogP contribution < -0.4 is 5.32 Å². The van der Waals surface area contributed by atoms with Crippen LogP contribution in [0.4, 0.5) is 23.4 Å². The highest BCUT2D eigenvalue weighted by molar-refractivity contribution is 6.42. The summed E-state index contributed by atoms with van der Waals surface area (Å²) in [7, 11) is 0. The summed E-state index contributed by atoms with van der Waals surface area (Å²) in [5.74, 6) is -0.929. The number of nitrogens with one attached hydrogen (secondary N) is 1. The van der Waals surface area contributed by atoms with Gasteiger partial charge >= 0.3 is 0 Å². The summed E-state index contributed by atoms with van der Waals surface area (Å²) in [6.07, 6.45) is -4.97. The Labute approximate surface area is 192 Å². The largest absolute Gasteiger partial charge is 0.306 e. The van der Waals surface area contributed by atoms with Crippen molar-refractivity contribution in [2.45, 2.75) is 25.9 Å². The van der Waals surface area contributed by atoms with Crippen LogP contribution in [0.1, 0.15) is 29.8 Å². The predicted molar refractivity (Wildman–Crippen MR) is 109 cm³/mol. The Morgan fingerprint density at radius 3 is 2.32 bits per heavy atom. The maximum absolute atomic E-state index is 13.2. The number of benzene rings is 1. The number of amides is 1. The smallest absolute Gasteiger partial charge is 0.283 e. The first-order valence-corrected chi connectivity index (χ1v) is 9.87. The molecule has 0 saturated carbocycles. The number of nitrogens with zero attached hydrogens (tertiary/aromatic N) is 4. The van der Waals surface area contributed by atoms with Crippen molar-refractivity contribution >= 4 is 58.1 Å². The topological polar surface area (TPSA) is 64.7 Å². The van der Waals surface area contributed by atoms with Crippen molar-refractivity contribution in [3.05, 3.63) is 61.4 Å². The van der Waals surface area contributed by atoms with Gasteiger partial charge in [-0.2, -0.15) is 10.2 Å². The Bertz CT molecular complexity index is 1120. The van der Waals surface area contributed by atoms with Gasteiger partial charge in [-0.3, -0.25) is 14.2 Å². The van der Waals surface area contributed by atoms with Crippen molar-refractivity contribution in [2.24, 2.45) is 0 Å². The Morgan fingerprint density at radius 2 is 1.71 bits per heavy atom. The minimum absolute atomic E-state index is 0.0577. The van der Waals surface area contributed by atoms with Gasteiger partial charge in [0.05, 0.1) is 21.6 Å². The molecule has 0 fully saturated rings. The highest BCUT2D eigenvalue weighted by atomic mass is 35.5. The summed E-state index contributed by atoms with van der Waals surface area (Å²) in [5, 5.41) is 9.66. The van der Waals surface area contributed by atoms with E-state index in [4.69, 9.17) is 46.4 Å². The van der Waals surface area contributed by atoms with Gasteiger partial charge < -0.3 is 5.32 Å². The molecule has 14 heteroatoms. The van der Waals surface area contributed by atoms with Gasteiger partial charge in [0.15, 0.2) is 5.82 Å². The zero-order valence-electron chi connectivity index (χ0n) is 15.1. The van der Waals surface area contributed by atoms with Crippen molar-refractivity contribution < 1.29 is 22.4 Å². The van der Waals surface area contributed by atoms with E-state index in [9.17, 15) is 22.4 Å². The molecule has 2 aromatic heterocycles. The van der Waals surface area contributed by atoms with E-state index >= 15 is 0 Å². The van der Waals surface area contributed by atoms with E-state index in [1.165, 1.54) is 10.9 Å². The van der Waals surface area contributed by atoms with E-state index < -0.39 is 41.7 Å². The fourth-order valence-corrected chi connectivity index (χ4v) is 3.45. The minimum Gasteiger partial charge on any atom is -0.306 e. The molecule has 0 unspecified atom stereocenters. The predicted octanol–water partition coefficient (Wildman–Crippen LogP) is 6.26. The summed E-state index contributed by atoms with van der Waals surface area (Å²) in [6.45, 7) is -0.559. The molecule has 0 aliphatic carbocycles. The van der Waals surface area contributed by atoms with Crippen molar-refractivity contribution in [1.29, 1.82) is 0 Å². The fraction of sp³-hybridized carbons (Fsp3) is 0.235. The number of hydrogen-bond donors (Lipinski definition) is 1. The number of hydrogen-bond acceptors (Lipinski definition) is 3. The molecule has 0 atom stereocenters. The number of aromatic nitrogens is 4. The molecule has 0 spiro atoms. The van der Waals surface area contributed by atoms with Crippen LogP contribution in [-0.2, 0) is 17.9 Å². The van der Waals surface area contributed by atoms with Crippen molar-refractivity contribution in [2.75, 3.05) is 5.32 Å². The van der Waals surface area contributed by atoms with E-state index in [-0.39, 0.29) is 17.4 Å². The molecule has 1 amide bonds. The van der Waals surface area contributed by atoms with Gasteiger partial charge in [-0.1, -0.05) is 52.5 Å². The standard InChI is InChI=1S/C17H11Cl4F4N5O/c18-8-2-1-7(3-9(8)19)4-29-5-10(20)17(28-29)26-11(31)6-30-14(16(24)25)12(21)13(27-30)15(22)23/h1-3,5,15-16H,4,6H2,(H,26,28,31). The van der Waals surface area contributed by atoms with Crippen LogP contribution in [0.3, 0.4) is 0 Å². The highest BCUT2D eigenvalue weighted by Gasteiger charge is 2.29. The Kier molecular flexibility index (Phi) is 7.35. The zero-order chi connectivity index (χ0) is 22.9. The summed E-state index contributed by atoms with van der Waals surface area (Å²) in [6, 6.07) is 4.96. The molecule has 0 bridgehead atoms. The lowest BCUT2D eigenvalue weighted by atomic mass is 10.2. The second-order valence-corrected chi connectivity index (χ2v) is 7.76. The second-order valence-electron chi connectivity index (χ2n) is 6.16. The van der Waals surface area contributed by atoms with E-state index in [0.29, 0.717) is 14.7 Å². The van der Waals surface area contributed by atoms with Gasteiger partial charge in [0.2, 0.25) is 5.91 Å². The third-order valence-electron chi connectivity index (χ3n) is 3.97. The molecular formula is C17H11Cl4F4N5O. The first-order chi connectivity index (χ1) is 14.6. The van der Waals surface area contributed by atoms with Crippen LogP contribution in [-0.4, -0.2) is 25.5 Å². The van der Waals surface area contributed by atoms with Crippen molar-refractivity contribution in [1.82, 2.24) is 19.6 Å². The third kappa shape index (κ3) is 5.43. The van der Waals surface area contributed by atoms with E-state index in [2.05, 4.69) is 15.5 Å². The number of carbonyl (C=O) groups excluding carboxylic acids is 1. The van der Waals surface area contributed by atoms with Crippen LogP contribution in [0.5, 0.6) is 0 Å². The van der Waals surface area contributed by atoms with Crippen LogP contribution in [0, 0.1) is 0 Å². The minimum atomic E-state index is -3.21. The summed E-state index contributed by atoms with van der Waals surface area (Å²) < 4.78 is 54.0. The molecular weight excluding hydrogens is 508 g/mol. The monoisotopic (exact) mass is 517 g/mol. The lowest BCUT2D eigenvalue weighted by Gasteiger charge is -2.07. The molecule has 0 saturated heterocycles. The zero-order valence-corrected chi connectivity index (χ0v) is 18.1. The maximum Gasteiger partial charge on any atom is 0.283 e. The Hall–Kier alpha value is -2.01. The molecule has 166 valence electrons. The molecule has 0 aliphatic rings. The van der Waals surface area contributed by atoms with Gasteiger partial charge in [0.1, 0.15) is 23.0 Å². The third-order valence-corrected chi connectivity index (χ3v) is 5.37. The summed E-state index contributed by atoms with van der Waals surface area (Å²) >= 11 is 23.5. The second kappa shape index (κ2) is 9.64. The molecule has 0 aliphatic heterocycles. The molecule has 31 heavy (non-hydrogen) atoms. The molecule has 2 heterocycles. The maximum atomic E-state index is 13.2. The first-order valence-electron chi connectivity index (χ1n) is 8.36. The van der Waals surface area contributed by atoms with E-state index in [1.54, 1.807) is 18.2 Å². The summed E-state index contributed by atoms with van der Waals surface area (Å²) in [5.41, 5.74) is -1.27. The van der Waals surface area contributed by atoms with Crippen LogP contribution in [0.2, 0.25) is 20.1 Å². The Morgan fingerprint density at radius 1 is 1.00 bits per heavy atom. The lowest BCUT2D eigenvalue weighted by Crippen LogP contribution is -2.21. The number of rotatable bonds is 7. The Balaban J connectivity index is 1.74. The van der Waals surface area contributed by atoms with Gasteiger partial charge in [-0.15, -0.1) is 0 Å². The van der Waals surface area contributed by atoms with E-state index in [0.717, 1.165) is 5.56 Å². The number of alkyl halides is 4.